The van der Waals surface area contributed by atoms with E-state index in [2.05, 4.69) is 15.5 Å². The van der Waals surface area contributed by atoms with Crippen LogP contribution >= 0.6 is 11.8 Å². The fraction of sp³-hybridized carbons (Fsp3) is 0.500. The lowest BCUT2D eigenvalue weighted by Crippen LogP contribution is -2.25. The SMILES string of the molecule is CCCCOC(=O)c1ccc(NC(=O)CSc2n[nH]c(=O)n2CC2CCCO2)cc1. The minimum atomic E-state index is -0.375. The second-order valence-corrected chi connectivity index (χ2v) is 7.90. The summed E-state index contributed by atoms with van der Waals surface area (Å²) >= 11 is 1.18. The first kappa shape index (κ1) is 22.1. The number of aromatic nitrogens is 3. The molecule has 1 fully saturated rings. The van der Waals surface area contributed by atoms with E-state index in [4.69, 9.17) is 9.47 Å². The molecule has 1 saturated heterocycles. The van der Waals surface area contributed by atoms with Crippen molar-refractivity contribution in [1.29, 1.82) is 0 Å². The Morgan fingerprint density at radius 3 is 2.87 bits per heavy atom. The van der Waals surface area contributed by atoms with E-state index in [0.717, 1.165) is 25.7 Å². The van der Waals surface area contributed by atoms with Crippen LogP contribution in [-0.4, -0.2) is 51.7 Å². The number of nitrogens with zero attached hydrogens (tertiary/aromatic N) is 2. The highest BCUT2D eigenvalue weighted by atomic mass is 32.2. The Hall–Kier alpha value is -2.59. The molecule has 0 saturated carbocycles. The Labute approximate surface area is 178 Å². The molecular formula is C20H26N4O5S. The first-order valence-electron chi connectivity index (χ1n) is 10.0. The quantitative estimate of drug-likeness (QED) is 0.335. The summed E-state index contributed by atoms with van der Waals surface area (Å²) in [4.78, 5) is 36.1. The van der Waals surface area contributed by atoms with Crippen LogP contribution in [0.4, 0.5) is 5.69 Å². The number of ether oxygens (including phenoxy) is 2. The predicted octanol–water partition coefficient (Wildman–Crippen LogP) is 2.44. The van der Waals surface area contributed by atoms with Crippen LogP contribution in [0.3, 0.4) is 0 Å². The first-order valence-corrected chi connectivity index (χ1v) is 11.0. The van der Waals surface area contributed by atoms with Gasteiger partial charge in [0, 0.05) is 12.3 Å². The van der Waals surface area contributed by atoms with Crippen molar-refractivity contribution in [2.24, 2.45) is 0 Å². The lowest BCUT2D eigenvalue weighted by molar-refractivity contribution is -0.113. The second kappa shape index (κ2) is 11.0. The summed E-state index contributed by atoms with van der Waals surface area (Å²) in [5.74, 6) is -0.520. The van der Waals surface area contributed by atoms with Crippen LogP contribution in [0.2, 0.25) is 0 Å². The minimum Gasteiger partial charge on any atom is -0.462 e. The van der Waals surface area contributed by atoms with Gasteiger partial charge in [-0.25, -0.2) is 14.7 Å². The molecule has 1 aromatic carbocycles. The normalized spacial score (nSPS) is 15.8. The van der Waals surface area contributed by atoms with Gasteiger partial charge in [0.1, 0.15) is 0 Å². The van der Waals surface area contributed by atoms with Crippen molar-refractivity contribution in [2.75, 3.05) is 24.3 Å². The number of thioether (sulfide) groups is 1. The summed E-state index contributed by atoms with van der Waals surface area (Å²) in [6.45, 7) is 3.56. The number of carbonyl (C=O) groups is 2. The van der Waals surface area contributed by atoms with E-state index in [1.807, 2.05) is 6.92 Å². The van der Waals surface area contributed by atoms with E-state index >= 15 is 0 Å². The molecule has 9 nitrogen and oxygen atoms in total. The largest absolute Gasteiger partial charge is 0.462 e. The highest BCUT2D eigenvalue weighted by Crippen LogP contribution is 2.18. The predicted molar refractivity (Wildman–Crippen MR) is 113 cm³/mol. The van der Waals surface area contributed by atoms with Crippen LogP contribution in [0, 0.1) is 0 Å². The molecule has 0 aliphatic carbocycles. The van der Waals surface area contributed by atoms with Crippen molar-refractivity contribution < 1.29 is 19.1 Å². The minimum absolute atomic E-state index is 0.000605. The topological polar surface area (TPSA) is 115 Å². The van der Waals surface area contributed by atoms with Crippen LogP contribution in [0.15, 0.2) is 34.2 Å². The number of rotatable bonds is 10. The Balaban J connectivity index is 1.49. The number of anilines is 1. The van der Waals surface area contributed by atoms with Gasteiger partial charge in [0.05, 0.1) is 30.6 Å². The number of nitrogens with one attached hydrogen (secondary N) is 2. The van der Waals surface area contributed by atoms with Gasteiger partial charge in [-0.3, -0.25) is 9.36 Å². The zero-order valence-electron chi connectivity index (χ0n) is 16.9. The maximum atomic E-state index is 12.3. The van der Waals surface area contributed by atoms with Crippen LogP contribution in [0.25, 0.3) is 0 Å². The number of amides is 1. The van der Waals surface area contributed by atoms with Crippen molar-refractivity contribution >= 4 is 29.3 Å². The second-order valence-electron chi connectivity index (χ2n) is 6.96. The summed E-state index contributed by atoms with van der Waals surface area (Å²) in [6, 6.07) is 6.54. The molecule has 1 amide bonds. The number of benzene rings is 1. The fourth-order valence-corrected chi connectivity index (χ4v) is 3.73. The summed E-state index contributed by atoms with van der Waals surface area (Å²) < 4.78 is 12.2. The van der Waals surface area contributed by atoms with Gasteiger partial charge in [-0.05, 0) is 43.5 Å². The van der Waals surface area contributed by atoms with Crippen molar-refractivity contribution in [2.45, 2.75) is 50.4 Å². The molecular weight excluding hydrogens is 408 g/mol. The molecule has 162 valence electrons. The van der Waals surface area contributed by atoms with Gasteiger partial charge in [-0.1, -0.05) is 25.1 Å². The van der Waals surface area contributed by atoms with Crippen LogP contribution < -0.4 is 11.0 Å². The Bertz CT molecular complexity index is 903. The van der Waals surface area contributed by atoms with Gasteiger partial charge in [-0.15, -0.1) is 5.10 Å². The number of carbonyl (C=O) groups excluding carboxylic acids is 2. The number of aromatic amines is 1. The number of hydrogen-bond acceptors (Lipinski definition) is 7. The monoisotopic (exact) mass is 434 g/mol. The molecule has 2 aromatic rings. The molecule has 1 unspecified atom stereocenters. The average molecular weight is 435 g/mol. The number of hydrogen-bond donors (Lipinski definition) is 2. The van der Waals surface area contributed by atoms with Crippen molar-refractivity contribution in [3.63, 3.8) is 0 Å². The zero-order valence-corrected chi connectivity index (χ0v) is 17.7. The lowest BCUT2D eigenvalue weighted by Gasteiger charge is -2.11. The Morgan fingerprint density at radius 1 is 1.37 bits per heavy atom. The van der Waals surface area contributed by atoms with Crippen molar-refractivity contribution in [3.8, 4) is 0 Å². The van der Waals surface area contributed by atoms with Gasteiger partial charge in [0.25, 0.3) is 0 Å². The molecule has 1 aromatic heterocycles. The average Bonchev–Trinajstić information content (AvgIpc) is 3.38. The van der Waals surface area contributed by atoms with Gasteiger partial charge < -0.3 is 14.8 Å². The van der Waals surface area contributed by atoms with Crippen molar-refractivity contribution in [1.82, 2.24) is 14.8 Å². The fourth-order valence-electron chi connectivity index (χ4n) is 2.98. The van der Waals surface area contributed by atoms with Crippen molar-refractivity contribution in [3.05, 3.63) is 40.3 Å². The smallest absolute Gasteiger partial charge is 0.344 e. The molecule has 2 heterocycles. The van der Waals surface area contributed by atoms with Crippen LogP contribution in [0.1, 0.15) is 43.0 Å². The molecule has 0 radical (unpaired) electrons. The summed E-state index contributed by atoms with van der Waals surface area (Å²) in [5.41, 5.74) is 0.701. The van der Waals surface area contributed by atoms with E-state index in [-0.39, 0.29) is 29.4 Å². The summed E-state index contributed by atoms with van der Waals surface area (Å²) in [6.07, 6.45) is 3.68. The zero-order chi connectivity index (χ0) is 21.3. The van der Waals surface area contributed by atoms with Gasteiger partial charge >= 0.3 is 11.7 Å². The van der Waals surface area contributed by atoms with E-state index in [0.29, 0.717) is 36.2 Å². The Morgan fingerprint density at radius 2 is 2.17 bits per heavy atom. The summed E-state index contributed by atoms with van der Waals surface area (Å²) in [5, 5.41) is 9.65. The highest BCUT2D eigenvalue weighted by Gasteiger charge is 2.20. The molecule has 0 bridgehead atoms. The van der Waals surface area contributed by atoms with E-state index in [1.165, 1.54) is 16.3 Å². The number of unbranched alkanes of at least 4 members (excludes halogenated alkanes) is 1. The maximum absolute atomic E-state index is 12.3. The molecule has 1 aliphatic rings. The van der Waals surface area contributed by atoms with Crippen LogP contribution in [-0.2, 0) is 20.8 Å². The lowest BCUT2D eigenvalue weighted by atomic mass is 10.2. The standard InChI is InChI=1S/C20H26N4O5S/c1-2-3-10-29-18(26)14-6-8-15(9-7-14)21-17(25)13-30-20-23-22-19(27)24(20)12-16-5-4-11-28-16/h6-9,16H,2-5,10-13H2,1H3,(H,21,25)(H,22,27). The van der Waals surface area contributed by atoms with Crippen LogP contribution in [0.5, 0.6) is 0 Å². The molecule has 30 heavy (non-hydrogen) atoms. The third-order valence-corrected chi connectivity index (χ3v) is 5.58. The third kappa shape index (κ3) is 6.20. The van der Waals surface area contributed by atoms with Gasteiger partial charge in [-0.2, -0.15) is 0 Å². The van der Waals surface area contributed by atoms with E-state index in [9.17, 15) is 14.4 Å². The maximum Gasteiger partial charge on any atom is 0.344 e. The number of esters is 1. The molecule has 0 spiro atoms. The molecule has 3 rings (SSSR count). The van der Waals surface area contributed by atoms with E-state index in [1.54, 1.807) is 24.3 Å². The molecule has 1 atom stereocenters. The number of H-pyrrole nitrogens is 1. The summed E-state index contributed by atoms with van der Waals surface area (Å²) in [7, 11) is 0. The van der Waals surface area contributed by atoms with Gasteiger partial charge in [0.15, 0.2) is 5.16 Å². The Kier molecular flexibility index (Phi) is 8.09. The molecule has 1 aliphatic heterocycles. The molecule has 2 N–H and O–H groups in total. The molecule has 10 heteroatoms. The highest BCUT2D eigenvalue weighted by molar-refractivity contribution is 7.99. The van der Waals surface area contributed by atoms with Gasteiger partial charge in [0.2, 0.25) is 5.91 Å². The third-order valence-electron chi connectivity index (χ3n) is 4.60. The van der Waals surface area contributed by atoms with E-state index < -0.39 is 0 Å². The first-order chi connectivity index (χ1) is 14.6.